The van der Waals surface area contributed by atoms with Crippen molar-refractivity contribution in [3.8, 4) is 0 Å². The number of carbonyl (C=O) groups excluding carboxylic acids is 2. The van der Waals surface area contributed by atoms with Crippen LogP contribution in [0.1, 0.15) is 26.7 Å². The molecule has 0 heterocycles. The summed E-state index contributed by atoms with van der Waals surface area (Å²) >= 11 is 1.44. The summed E-state index contributed by atoms with van der Waals surface area (Å²) in [5.74, 6) is -0.540. The number of ether oxygens (including phenoxy) is 1. The largest absolute Gasteiger partial charge is 0.465 e. The molecule has 0 aromatic rings. The lowest BCUT2D eigenvalue weighted by atomic mass is 10.00. The van der Waals surface area contributed by atoms with E-state index in [0.29, 0.717) is 18.8 Å². The molecule has 4 heteroatoms. The highest BCUT2D eigenvalue weighted by molar-refractivity contribution is 7.99. The summed E-state index contributed by atoms with van der Waals surface area (Å²) < 4.78 is 4.86. The predicted molar refractivity (Wildman–Crippen MR) is 58.4 cm³/mol. The number of ketones is 1. The number of rotatable bonds is 7. The van der Waals surface area contributed by atoms with Crippen LogP contribution in [0.15, 0.2) is 0 Å². The smallest absolute Gasteiger partial charge is 0.316 e. The number of thioether (sulfide) groups is 1. The standard InChI is InChI=1S/C10H18O3S/c1-4-6-8(9(11)7-14-3)10(12)13-5-2/h8H,4-7H2,1-3H3. The minimum Gasteiger partial charge on any atom is -0.465 e. The summed E-state index contributed by atoms with van der Waals surface area (Å²) in [4.78, 5) is 22.9. The number of esters is 1. The fourth-order valence-electron chi connectivity index (χ4n) is 1.18. The molecule has 0 spiro atoms. The number of hydrogen-bond acceptors (Lipinski definition) is 4. The second-order valence-electron chi connectivity index (χ2n) is 2.99. The average molecular weight is 218 g/mol. The normalized spacial score (nSPS) is 12.2. The van der Waals surface area contributed by atoms with Gasteiger partial charge in [-0.3, -0.25) is 9.59 Å². The molecule has 14 heavy (non-hydrogen) atoms. The van der Waals surface area contributed by atoms with Crippen LogP contribution in [0, 0.1) is 5.92 Å². The SMILES string of the molecule is CCCC(C(=O)CSC)C(=O)OCC. The van der Waals surface area contributed by atoms with Crippen molar-refractivity contribution < 1.29 is 14.3 Å². The lowest BCUT2D eigenvalue weighted by Gasteiger charge is -2.12. The zero-order chi connectivity index (χ0) is 11.0. The molecule has 0 saturated heterocycles. The first-order valence-corrected chi connectivity index (χ1v) is 6.25. The molecule has 1 unspecified atom stereocenters. The van der Waals surface area contributed by atoms with E-state index in [1.165, 1.54) is 11.8 Å². The molecule has 82 valence electrons. The first-order chi connectivity index (χ1) is 6.67. The van der Waals surface area contributed by atoms with Gasteiger partial charge in [-0.2, -0.15) is 11.8 Å². The highest BCUT2D eigenvalue weighted by Crippen LogP contribution is 2.12. The van der Waals surface area contributed by atoms with Crippen LogP contribution in [0.25, 0.3) is 0 Å². The van der Waals surface area contributed by atoms with Crippen molar-refractivity contribution in [2.45, 2.75) is 26.7 Å². The number of hydrogen-bond donors (Lipinski definition) is 0. The van der Waals surface area contributed by atoms with Gasteiger partial charge < -0.3 is 4.74 Å². The third kappa shape index (κ3) is 4.65. The molecule has 0 N–H and O–H groups in total. The van der Waals surface area contributed by atoms with Crippen LogP contribution in [0.4, 0.5) is 0 Å². The van der Waals surface area contributed by atoms with E-state index in [1.807, 2.05) is 13.2 Å². The Kier molecular flexibility index (Phi) is 7.57. The van der Waals surface area contributed by atoms with Gasteiger partial charge in [-0.25, -0.2) is 0 Å². The summed E-state index contributed by atoms with van der Waals surface area (Å²) in [7, 11) is 0. The van der Waals surface area contributed by atoms with E-state index in [4.69, 9.17) is 4.74 Å². The first kappa shape index (κ1) is 13.5. The van der Waals surface area contributed by atoms with Gasteiger partial charge in [0.2, 0.25) is 0 Å². The number of Topliss-reactive ketones (excluding diaryl/α,β-unsaturated/α-hetero) is 1. The van der Waals surface area contributed by atoms with Gasteiger partial charge in [0.05, 0.1) is 12.4 Å². The zero-order valence-corrected chi connectivity index (χ0v) is 9.86. The second-order valence-corrected chi connectivity index (χ2v) is 3.86. The van der Waals surface area contributed by atoms with Crippen LogP contribution in [-0.4, -0.2) is 30.4 Å². The first-order valence-electron chi connectivity index (χ1n) is 4.85. The van der Waals surface area contributed by atoms with E-state index in [9.17, 15) is 9.59 Å². The maximum atomic E-state index is 11.5. The Labute approximate surface area is 89.6 Å². The minimum absolute atomic E-state index is 0.0159. The van der Waals surface area contributed by atoms with Gasteiger partial charge in [0.15, 0.2) is 5.78 Å². The molecule has 1 atom stereocenters. The van der Waals surface area contributed by atoms with Crippen molar-refractivity contribution in [3.63, 3.8) is 0 Å². The summed E-state index contributed by atoms with van der Waals surface area (Å²) in [6.07, 6.45) is 3.27. The third-order valence-electron chi connectivity index (χ3n) is 1.82. The molecule has 0 aromatic heterocycles. The van der Waals surface area contributed by atoms with E-state index in [2.05, 4.69) is 0 Å². The molecule has 0 aliphatic heterocycles. The molecule has 0 saturated carbocycles. The lowest BCUT2D eigenvalue weighted by molar-refractivity contribution is -0.151. The molecule has 0 aliphatic rings. The van der Waals surface area contributed by atoms with Crippen LogP contribution in [0.3, 0.4) is 0 Å². The Morgan fingerprint density at radius 3 is 2.43 bits per heavy atom. The predicted octanol–water partition coefficient (Wildman–Crippen LogP) is 1.90. The highest BCUT2D eigenvalue weighted by Gasteiger charge is 2.25. The quantitative estimate of drug-likeness (QED) is 0.483. The van der Waals surface area contributed by atoms with Gasteiger partial charge in [0.25, 0.3) is 0 Å². The molecule has 0 amide bonds. The van der Waals surface area contributed by atoms with Crippen molar-refractivity contribution in [1.29, 1.82) is 0 Å². The molecule has 0 bridgehead atoms. The number of carbonyl (C=O) groups is 2. The van der Waals surface area contributed by atoms with Crippen molar-refractivity contribution in [2.24, 2.45) is 5.92 Å². The molecule has 0 rings (SSSR count). The summed E-state index contributed by atoms with van der Waals surface area (Å²) in [5, 5.41) is 0. The van der Waals surface area contributed by atoms with Crippen LogP contribution in [0.5, 0.6) is 0 Å². The van der Waals surface area contributed by atoms with Gasteiger partial charge >= 0.3 is 5.97 Å². The topological polar surface area (TPSA) is 43.4 Å². The Morgan fingerprint density at radius 2 is 2.00 bits per heavy atom. The van der Waals surface area contributed by atoms with E-state index in [-0.39, 0.29) is 11.8 Å². The van der Waals surface area contributed by atoms with Crippen molar-refractivity contribution in [2.75, 3.05) is 18.6 Å². The fraction of sp³-hybridized carbons (Fsp3) is 0.800. The van der Waals surface area contributed by atoms with Crippen molar-refractivity contribution in [3.05, 3.63) is 0 Å². The lowest BCUT2D eigenvalue weighted by Crippen LogP contribution is -2.27. The molecule has 0 aliphatic carbocycles. The Balaban J connectivity index is 4.25. The van der Waals surface area contributed by atoms with Gasteiger partial charge in [-0.1, -0.05) is 13.3 Å². The van der Waals surface area contributed by atoms with Crippen LogP contribution in [-0.2, 0) is 14.3 Å². The third-order valence-corrected chi connectivity index (χ3v) is 2.40. The molecular weight excluding hydrogens is 200 g/mol. The second kappa shape index (κ2) is 7.85. The molecule has 0 radical (unpaired) electrons. The van der Waals surface area contributed by atoms with E-state index in [0.717, 1.165) is 6.42 Å². The monoisotopic (exact) mass is 218 g/mol. The van der Waals surface area contributed by atoms with Gasteiger partial charge in [0.1, 0.15) is 5.92 Å². The maximum absolute atomic E-state index is 11.5. The van der Waals surface area contributed by atoms with Gasteiger partial charge in [-0.15, -0.1) is 0 Å². The van der Waals surface area contributed by atoms with E-state index in [1.54, 1.807) is 6.92 Å². The van der Waals surface area contributed by atoms with Gasteiger partial charge in [-0.05, 0) is 19.6 Å². The summed E-state index contributed by atoms with van der Waals surface area (Å²) in [6, 6.07) is 0. The van der Waals surface area contributed by atoms with E-state index < -0.39 is 5.92 Å². The Bertz CT molecular complexity index is 174. The van der Waals surface area contributed by atoms with Crippen molar-refractivity contribution >= 4 is 23.5 Å². The minimum atomic E-state index is -0.549. The van der Waals surface area contributed by atoms with Crippen LogP contribution < -0.4 is 0 Å². The Hall–Kier alpha value is -0.510. The maximum Gasteiger partial charge on any atom is 0.316 e. The Morgan fingerprint density at radius 1 is 1.36 bits per heavy atom. The van der Waals surface area contributed by atoms with E-state index >= 15 is 0 Å². The molecule has 0 aromatic carbocycles. The molecule has 0 fully saturated rings. The van der Waals surface area contributed by atoms with Crippen LogP contribution in [0.2, 0.25) is 0 Å². The summed E-state index contributed by atoms with van der Waals surface area (Å²) in [5.41, 5.74) is 0. The van der Waals surface area contributed by atoms with Gasteiger partial charge in [0, 0.05) is 0 Å². The molecular formula is C10H18O3S. The highest BCUT2D eigenvalue weighted by atomic mass is 32.2. The fourth-order valence-corrected chi connectivity index (χ4v) is 1.67. The average Bonchev–Trinajstić information content (AvgIpc) is 2.14. The van der Waals surface area contributed by atoms with Crippen molar-refractivity contribution in [1.82, 2.24) is 0 Å². The summed E-state index contributed by atoms with van der Waals surface area (Å²) in [6.45, 7) is 4.05. The van der Waals surface area contributed by atoms with Crippen LogP contribution >= 0.6 is 11.8 Å². The zero-order valence-electron chi connectivity index (χ0n) is 9.04. The molecule has 3 nitrogen and oxygen atoms in total.